The van der Waals surface area contributed by atoms with E-state index in [1.165, 1.54) is 15.3 Å². The molecule has 4 aromatic heterocycles. The summed E-state index contributed by atoms with van der Waals surface area (Å²) in [5.41, 5.74) is 0.0662. The largest absolute Gasteiger partial charge is 0.373 e. The summed E-state index contributed by atoms with van der Waals surface area (Å²) < 4.78 is 30.0. The maximum absolute atomic E-state index is 13.6. The van der Waals surface area contributed by atoms with E-state index in [9.17, 15) is 18.4 Å². The predicted octanol–water partition coefficient (Wildman–Crippen LogP) is 2.59. The number of aromatic nitrogens is 5. The topological polar surface area (TPSA) is 118 Å². The molecule has 1 aliphatic carbocycles. The zero-order valence-corrected chi connectivity index (χ0v) is 18.0. The molecular weight excluding hydrogens is 446 g/mol. The Morgan fingerprint density at radius 1 is 1.24 bits per heavy atom. The van der Waals surface area contributed by atoms with Gasteiger partial charge in [-0.05, 0) is 30.7 Å². The van der Waals surface area contributed by atoms with E-state index in [2.05, 4.69) is 31.0 Å². The van der Waals surface area contributed by atoms with Crippen LogP contribution < -0.4 is 21.5 Å². The van der Waals surface area contributed by atoms with Crippen molar-refractivity contribution in [3.8, 4) is 5.82 Å². The van der Waals surface area contributed by atoms with Crippen LogP contribution >= 0.6 is 0 Å². The fraction of sp³-hybridized carbons (Fsp3) is 0.227. The van der Waals surface area contributed by atoms with E-state index in [0.717, 1.165) is 0 Å². The highest BCUT2D eigenvalue weighted by atomic mass is 19.3. The van der Waals surface area contributed by atoms with Crippen LogP contribution in [-0.4, -0.2) is 49.1 Å². The first-order valence-electron chi connectivity index (χ1n) is 10.5. The number of pyridine rings is 2. The first-order chi connectivity index (χ1) is 16.4. The van der Waals surface area contributed by atoms with E-state index in [1.54, 1.807) is 55.8 Å². The number of fused-ring (bicyclic) bond motifs is 1. The van der Waals surface area contributed by atoms with Gasteiger partial charge in [0.2, 0.25) is 0 Å². The first-order valence-corrected chi connectivity index (χ1v) is 10.5. The van der Waals surface area contributed by atoms with E-state index in [4.69, 9.17) is 0 Å². The van der Waals surface area contributed by atoms with Crippen LogP contribution in [0, 0.1) is 0 Å². The van der Waals surface area contributed by atoms with Crippen LogP contribution in [0.3, 0.4) is 0 Å². The van der Waals surface area contributed by atoms with Gasteiger partial charge in [0, 0.05) is 31.9 Å². The van der Waals surface area contributed by atoms with Gasteiger partial charge in [0.05, 0.1) is 12.2 Å². The Kier molecular flexibility index (Phi) is 5.19. The Morgan fingerprint density at radius 3 is 2.76 bits per heavy atom. The molecule has 0 saturated heterocycles. The summed E-state index contributed by atoms with van der Waals surface area (Å²) in [6.07, 6.45) is 4.41. The highest BCUT2D eigenvalue weighted by Crippen LogP contribution is 2.37. The zero-order valence-electron chi connectivity index (χ0n) is 18.0. The summed E-state index contributed by atoms with van der Waals surface area (Å²) in [4.78, 5) is 34.3. The molecule has 0 spiro atoms. The number of alkyl halides is 2. The molecule has 0 aliphatic heterocycles. The molecule has 12 heteroatoms. The van der Waals surface area contributed by atoms with Crippen LogP contribution in [0.15, 0.2) is 59.8 Å². The highest BCUT2D eigenvalue weighted by molar-refractivity contribution is 6.00. The smallest absolute Gasteiger partial charge is 0.279 e. The molecule has 174 valence electrons. The fourth-order valence-electron chi connectivity index (χ4n) is 3.69. The number of halogens is 2. The summed E-state index contributed by atoms with van der Waals surface area (Å²) in [6, 6.07) is 8.91. The maximum Gasteiger partial charge on any atom is 0.279 e. The van der Waals surface area contributed by atoms with Gasteiger partial charge in [-0.25, -0.2) is 18.7 Å². The lowest BCUT2D eigenvalue weighted by atomic mass is 9.88. The predicted molar refractivity (Wildman–Crippen MR) is 121 cm³/mol. The summed E-state index contributed by atoms with van der Waals surface area (Å²) >= 11 is 0. The molecule has 34 heavy (non-hydrogen) atoms. The van der Waals surface area contributed by atoms with E-state index >= 15 is 0 Å². The van der Waals surface area contributed by atoms with Crippen LogP contribution in [0.1, 0.15) is 23.2 Å². The van der Waals surface area contributed by atoms with E-state index in [-0.39, 0.29) is 41.1 Å². The van der Waals surface area contributed by atoms with Gasteiger partial charge in [-0.3, -0.25) is 14.2 Å². The average molecular weight is 466 g/mol. The number of anilines is 3. The van der Waals surface area contributed by atoms with Crippen LogP contribution in [0.4, 0.5) is 26.1 Å². The minimum Gasteiger partial charge on any atom is -0.373 e. The van der Waals surface area contributed by atoms with Gasteiger partial charge in [-0.1, -0.05) is 6.07 Å². The molecule has 4 heterocycles. The number of rotatable bonds is 6. The third kappa shape index (κ3) is 3.72. The number of amides is 1. The molecule has 5 rings (SSSR count). The summed E-state index contributed by atoms with van der Waals surface area (Å²) in [5, 5.41) is 12.4. The lowest BCUT2D eigenvalue weighted by molar-refractivity contribution is -0.102. The quantitative estimate of drug-likeness (QED) is 0.400. The number of carbonyl (C=O) groups is 1. The zero-order chi connectivity index (χ0) is 23.9. The third-order valence-corrected chi connectivity index (χ3v) is 5.66. The van der Waals surface area contributed by atoms with Crippen molar-refractivity contribution >= 4 is 28.9 Å². The second-order valence-corrected chi connectivity index (χ2v) is 7.81. The number of carbonyl (C=O) groups excluding carboxylic acids is 1. The lowest BCUT2D eigenvalue weighted by Crippen LogP contribution is -2.55. The SMILES string of the molecule is CNc1cc(Nc2cccn(-c3ccccn3)c2=O)nc2c(C(=O)NC3CCC3(F)F)cnn12. The third-order valence-electron chi connectivity index (χ3n) is 5.66. The second-order valence-electron chi connectivity index (χ2n) is 7.81. The molecule has 1 aliphatic rings. The molecule has 0 radical (unpaired) electrons. The highest BCUT2D eigenvalue weighted by Gasteiger charge is 2.49. The van der Waals surface area contributed by atoms with Crippen molar-refractivity contribution in [2.75, 3.05) is 17.7 Å². The standard InChI is InChI=1S/C22H20F2N8O2/c1-25-18-11-16(28-14-5-4-10-31(21(14)34)17-6-2-3-9-26-17)30-19-13(12-27-32(18)19)20(33)29-15-7-8-22(15,23)24/h2-6,9-12,15,25H,7-8H2,1H3,(H,28,30)(H,29,33). The van der Waals surface area contributed by atoms with E-state index < -0.39 is 17.9 Å². The van der Waals surface area contributed by atoms with Gasteiger partial charge in [0.1, 0.15) is 28.7 Å². The fourth-order valence-corrected chi connectivity index (χ4v) is 3.69. The molecule has 10 nitrogen and oxygen atoms in total. The van der Waals surface area contributed by atoms with Crippen molar-refractivity contribution in [3.05, 3.63) is 70.9 Å². The molecule has 1 fully saturated rings. The minimum atomic E-state index is -2.92. The van der Waals surface area contributed by atoms with E-state index in [0.29, 0.717) is 11.6 Å². The van der Waals surface area contributed by atoms with Gasteiger partial charge >= 0.3 is 0 Å². The number of hydrogen-bond donors (Lipinski definition) is 3. The Bertz CT molecular complexity index is 1430. The van der Waals surface area contributed by atoms with Gasteiger partial charge < -0.3 is 16.0 Å². The van der Waals surface area contributed by atoms with Crippen LogP contribution in [0.5, 0.6) is 0 Å². The normalized spacial score (nSPS) is 16.6. The summed E-state index contributed by atoms with van der Waals surface area (Å²) in [7, 11) is 1.66. The number of hydrogen-bond acceptors (Lipinski definition) is 7. The molecule has 4 aromatic rings. The van der Waals surface area contributed by atoms with Gasteiger partial charge in [-0.15, -0.1) is 0 Å². The molecule has 1 saturated carbocycles. The van der Waals surface area contributed by atoms with E-state index in [1.807, 2.05) is 0 Å². The molecular formula is C22H20F2N8O2. The van der Waals surface area contributed by atoms with Crippen molar-refractivity contribution in [1.29, 1.82) is 0 Å². The lowest BCUT2D eigenvalue weighted by Gasteiger charge is -2.36. The number of nitrogens with one attached hydrogen (secondary N) is 3. The summed E-state index contributed by atoms with van der Waals surface area (Å²) in [6.45, 7) is 0. The van der Waals surface area contributed by atoms with Crippen molar-refractivity contribution in [2.45, 2.75) is 24.8 Å². The Hall–Kier alpha value is -4.35. The van der Waals surface area contributed by atoms with Gasteiger partial charge in [-0.2, -0.15) is 9.61 Å². The molecule has 1 atom stereocenters. The maximum atomic E-state index is 13.6. The van der Waals surface area contributed by atoms with Crippen molar-refractivity contribution in [3.63, 3.8) is 0 Å². The molecule has 1 unspecified atom stereocenters. The van der Waals surface area contributed by atoms with Gasteiger partial charge in [0.25, 0.3) is 17.4 Å². The van der Waals surface area contributed by atoms with Crippen LogP contribution in [0.25, 0.3) is 11.5 Å². The Labute approximate surface area is 191 Å². The molecule has 0 aromatic carbocycles. The van der Waals surface area contributed by atoms with Crippen molar-refractivity contribution < 1.29 is 13.6 Å². The summed E-state index contributed by atoms with van der Waals surface area (Å²) in [5.74, 6) is -2.42. The molecule has 3 N–H and O–H groups in total. The molecule has 1 amide bonds. The van der Waals surface area contributed by atoms with Crippen molar-refractivity contribution in [2.24, 2.45) is 0 Å². The first kappa shape index (κ1) is 21.5. The molecule has 0 bridgehead atoms. The average Bonchev–Trinajstić information content (AvgIpc) is 3.27. The number of nitrogens with zero attached hydrogens (tertiary/aromatic N) is 5. The Balaban J connectivity index is 1.50. The van der Waals surface area contributed by atoms with Crippen LogP contribution in [-0.2, 0) is 0 Å². The minimum absolute atomic E-state index is 0.0433. The van der Waals surface area contributed by atoms with Crippen molar-refractivity contribution in [1.82, 2.24) is 29.5 Å². The second kappa shape index (κ2) is 8.21. The monoisotopic (exact) mass is 466 g/mol. The van der Waals surface area contributed by atoms with Crippen LogP contribution in [0.2, 0.25) is 0 Å². The Morgan fingerprint density at radius 2 is 2.09 bits per heavy atom. The van der Waals surface area contributed by atoms with Gasteiger partial charge in [0.15, 0.2) is 5.65 Å².